The lowest BCUT2D eigenvalue weighted by Crippen LogP contribution is -2.28. The fourth-order valence-electron chi connectivity index (χ4n) is 2.19. The Kier molecular flexibility index (Phi) is 6.66. The van der Waals surface area contributed by atoms with Gasteiger partial charge in [0.2, 0.25) is 0 Å². The molecule has 0 radical (unpaired) electrons. The van der Waals surface area contributed by atoms with Crippen LogP contribution in [0.4, 0.5) is 0 Å². The highest BCUT2D eigenvalue weighted by Crippen LogP contribution is 2.21. The molecule has 0 fully saturated rings. The maximum atomic E-state index is 9.70. The van der Waals surface area contributed by atoms with Gasteiger partial charge in [-0.25, -0.2) is 0 Å². The molecule has 0 spiro atoms. The second-order valence-corrected chi connectivity index (χ2v) is 6.25. The molecule has 1 aromatic carbocycles. The van der Waals surface area contributed by atoms with Gasteiger partial charge >= 0.3 is 0 Å². The fourth-order valence-corrected chi connectivity index (χ4v) is 2.19. The summed E-state index contributed by atoms with van der Waals surface area (Å²) in [5.74, 6) is 0. The van der Waals surface area contributed by atoms with Crippen molar-refractivity contribution >= 4 is 0 Å². The van der Waals surface area contributed by atoms with E-state index in [1.54, 1.807) is 0 Å². The monoisotopic (exact) mass is 279 g/mol. The van der Waals surface area contributed by atoms with E-state index in [0.29, 0.717) is 0 Å². The zero-order valence-electron chi connectivity index (χ0n) is 13.5. The Labute approximate surface area is 123 Å². The third-order valence-electron chi connectivity index (χ3n) is 3.57. The molecule has 0 heterocycles. The van der Waals surface area contributed by atoms with Crippen LogP contribution in [0.25, 0.3) is 0 Å². The Hall–Kier alpha value is -0.900. The summed E-state index contributed by atoms with van der Waals surface area (Å²) in [5.41, 5.74) is 0.668. The van der Waals surface area contributed by atoms with Gasteiger partial charge in [-0.3, -0.25) is 4.84 Å². The second-order valence-electron chi connectivity index (χ2n) is 6.25. The third-order valence-corrected chi connectivity index (χ3v) is 3.57. The van der Waals surface area contributed by atoms with Gasteiger partial charge in [0.05, 0.1) is 17.7 Å². The van der Waals surface area contributed by atoms with Crippen LogP contribution in [0.15, 0.2) is 30.3 Å². The van der Waals surface area contributed by atoms with Crippen LogP contribution in [-0.2, 0) is 4.84 Å². The maximum Gasteiger partial charge on any atom is 0.0765 e. The van der Waals surface area contributed by atoms with Gasteiger partial charge in [-0.2, -0.15) is 5.06 Å². The molecular formula is C17H29NO2. The maximum absolute atomic E-state index is 9.70. The highest BCUT2D eigenvalue weighted by molar-refractivity contribution is 5.17. The number of hydrogen-bond donors (Lipinski definition) is 1. The van der Waals surface area contributed by atoms with Crippen LogP contribution >= 0.6 is 0 Å². The Morgan fingerprint density at radius 1 is 1.20 bits per heavy atom. The molecule has 0 amide bonds. The molecular weight excluding hydrogens is 250 g/mol. The Bertz CT molecular complexity index is 372. The van der Waals surface area contributed by atoms with Crippen molar-refractivity contribution in [2.24, 2.45) is 0 Å². The van der Waals surface area contributed by atoms with E-state index >= 15 is 0 Å². The van der Waals surface area contributed by atoms with Gasteiger partial charge in [0, 0.05) is 7.05 Å². The molecule has 3 heteroatoms. The van der Waals surface area contributed by atoms with Gasteiger partial charge in [0.25, 0.3) is 0 Å². The van der Waals surface area contributed by atoms with Gasteiger partial charge in [0.1, 0.15) is 0 Å². The van der Waals surface area contributed by atoms with Crippen LogP contribution in [-0.4, -0.2) is 28.9 Å². The summed E-state index contributed by atoms with van der Waals surface area (Å²) in [7, 11) is 1.98. The molecule has 2 atom stereocenters. The summed E-state index contributed by atoms with van der Waals surface area (Å²) in [6, 6.07) is 10.6. The predicted molar refractivity (Wildman–Crippen MR) is 83.3 cm³/mol. The summed E-state index contributed by atoms with van der Waals surface area (Å²) < 4.78 is 0. The molecule has 3 nitrogen and oxygen atoms in total. The van der Waals surface area contributed by atoms with E-state index in [2.05, 4.69) is 26.0 Å². The number of nitrogens with zero attached hydrogens (tertiary/aromatic N) is 1. The predicted octanol–water partition coefficient (Wildman–Crippen LogP) is 3.94. The summed E-state index contributed by atoms with van der Waals surface area (Å²) in [6.45, 7) is 7.92. The van der Waals surface area contributed by atoms with Crippen molar-refractivity contribution in [3.63, 3.8) is 0 Å². The Morgan fingerprint density at radius 3 is 2.35 bits per heavy atom. The van der Waals surface area contributed by atoms with Crippen LogP contribution in [0.2, 0.25) is 0 Å². The molecule has 114 valence electrons. The molecule has 1 aromatic rings. The molecule has 0 aromatic heterocycles. The van der Waals surface area contributed by atoms with E-state index in [4.69, 9.17) is 4.84 Å². The first kappa shape index (κ1) is 17.2. The minimum Gasteiger partial charge on any atom is -0.390 e. The van der Waals surface area contributed by atoms with Crippen molar-refractivity contribution in [2.45, 2.75) is 64.7 Å². The Balaban J connectivity index is 2.36. The van der Waals surface area contributed by atoms with Crippen molar-refractivity contribution in [1.82, 2.24) is 5.06 Å². The number of hydrogen-bond acceptors (Lipinski definition) is 3. The van der Waals surface area contributed by atoms with E-state index in [1.807, 2.05) is 44.2 Å². The lowest BCUT2D eigenvalue weighted by molar-refractivity contribution is -0.200. The van der Waals surface area contributed by atoms with E-state index in [1.165, 1.54) is 5.56 Å². The van der Waals surface area contributed by atoms with Crippen molar-refractivity contribution < 1.29 is 9.94 Å². The van der Waals surface area contributed by atoms with Gasteiger partial charge < -0.3 is 5.11 Å². The molecule has 0 aliphatic rings. The van der Waals surface area contributed by atoms with Crippen LogP contribution in [0, 0.1) is 0 Å². The minimum absolute atomic E-state index is 0.161. The van der Waals surface area contributed by atoms with Crippen molar-refractivity contribution in [2.75, 3.05) is 7.05 Å². The zero-order valence-corrected chi connectivity index (χ0v) is 13.5. The van der Waals surface area contributed by atoms with Crippen LogP contribution in [0.5, 0.6) is 0 Å². The van der Waals surface area contributed by atoms with E-state index in [0.717, 1.165) is 19.3 Å². The number of benzene rings is 1. The molecule has 0 saturated heterocycles. The second kappa shape index (κ2) is 7.77. The molecule has 20 heavy (non-hydrogen) atoms. The summed E-state index contributed by atoms with van der Waals surface area (Å²) in [5, 5.41) is 11.6. The number of rotatable bonds is 8. The van der Waals surface area contributed by atoms with Gasteiger partial charge in [-0.1, -0.05) is 30.3 Å². The molecule has 0 aliphatic carbocycles. The van der Waals surface area contributed by atoms with Gasteiger partial charge in [-0.05, 0) is 52.5 Å². The van der Waals surface area contributed by atoms with Crippen molar-refractivity contribution in [1.29, 1.82) is 0 Å². The smallest absolute Gasteiger partial charge is 0.0765 e. The van der Waals surface area contributed by atoms with Gasteiger partial charge in [-0.15, -0.1) is 0 Å². The van der Waals surface area contributed by atoms with Crippen molar-refractivity contribution in [3.8, 4) is 0 Å². The highest BCUT2D eigenvalue weighted by atomic mass is 16.7. The van der Waals surface area contributed by atoms with E-state index in [-0.39, 0.29) is 12.1 Å². The zero-order chi connectivity index (χ0) is 15.2. The van der Waals surface area contributed by atoms with Gasteiger partial charge in [0.15, 0.2) is 0 Å². The molecule has 0 aliphatic heterocycles. The molecule has 0 saturated carbocycles. The van der Waals surface area contributed by atoms with Crippen LogP contribution in [0.1, 0.15) is 58.6 Å². The normalized spacial score (nSPS) is 15.3. The SMILES string of the molecule is C[C@H](CCCC(C)(C)O)ON(C)[C@H](C)c1ccccc1. The summed E-state index contributed by atoms with van der Waals surface area (Å²) in [4.78, 5) is 5.93. The number of aliphatic hydroxyl groups is 1. The fraction of sp³-hybridized carbons (Fsp3) is 0.647. The number of hydroxylamine groups is 2. The summed E-state index contributed by atoms with van der Waals surface area (Å²) >= 11 is 0. The lowest BCUT2D eigenvalue weighted by atomic mass is 10.0. The summed E-state index contributed by atoms with van der Waals surface area (Å²) in [6.07, 6.45) is 2.89. The average molecular weight is 279 g/mol. The minimum atomic E-state index is -0.580. The Morgan fingerprint density at radius 2 is 1.80 bits per heavy atom. The lowest BCUT2D eigenvalue weighted by Gasteiger charge is -2.28. The third kappa shape index (κ3) is 6.51. The standard InChI is InChI=1S/C17H29NO2/c1-14(10-9-13-17(3,4)19)20-18(5)15(2)16-11-7-6-8-12-16/h6-8,11-12,14-15,19H,9-10,13H2,1-5H3/t14-,15-/m1/s1. The first-order chi connectivity index (χ1) is 9.29. The van der Waals surface area contributed by atoms with Crippen molar-refractivity contribution in [3.05, 3.63) is 35.9 Å². The largest absolute Gasteiger partial charge is 0.390 e. The first-order valence-corrected chi connectivity index (χ1v) is 7.46. The first-order valence-electron chi connectivity index (χ1n) is 7.46. The molecule has 0 bridgehead atoms. The highest BCUT2D eigenvalue weighted by Gasteiger charge is 2.16. The molecule has 1 N–H and O–H groups in total. The van der Waals surface area contributed by atoms with Crippen LogP contribution < -0.4 is 0 Å². The molecule has 1 rings (SSSR count). The topological polar surface area (TPSA) is 32.7 Å². The van der Waals surface area contributed by atoms with Crippen LogP contribution in [0.3, 0.4) is 0 Å². The molecule has 0 unspecified atom stereocenters. The quantitative estimate of drug-likeness (QED) is 0.732. The average Bonchev–Trinajstić information content (AvgIpc) is 2.37. The van der Waals surface area contributed by atoms with E-state index in [9.17, 15) is 5.11 Å². The van der Waals surface area contributed by atoms with E-state index < -0.39 is 5.60 Å².